The lowest BCUT2D eigenvalue weighted by molar-refractivity contribution is -0.143. The summed E-state index contributed by atoms with van der Waals surface area (Å²) < 4.78 is 5.81. The lowest BCUT2D eigenvalue weighted by Crippen LogP contribution is -2.38. The van der Waals surface area contributed by atoms with Crippen LogP contribution in [0.25, 0.3) is 0 Å². The summed E-state index contributed by atoms with van der Waals surface area (Å²) in [7, 11) is 0. The standard InChI is InChI=1S/C20H22Cl2O2/c1-19(2)7-4-8-20(3)15(19)10-12-16(20)17(24-18(12)23)11-5-6-13(21)14(22)9-11/h5-6,9-10,12,16-17H,4,7-8H2,1-3H3/t12-,16+,17-,20+/m1/s1. The molecule has 1 aromatic rings. The maximum absolute atomic E-state index is 12.6. The highest BCUT2D eigenvalue weighted by atomic mass is 35.5. The number of cyclic esters (lactones) is 1. The predicted molar refractivity (Wildman–Crippen MR) is 96.1 cm³/mol. The van der Waals surface area contributed by atoms with Gasteiger partial charge in [0.15, 0.2) is 0 Å². The molecule has 2 aliphatic carbocycles. The van der Waals surface area contributed by atoms with E-state index < -0.39 is 0 Å². The topological polar surface area (TPSA) is 26.3 Å². The Morgan fingerprint density at radius 3 is 2.58 bits per heavy atom. The molecule has 3 aliphatic rings. The molecule has 24 heavy (non-hydrogen) atoms. The number of carbonyl (C=O) groups excluding carboxylic acids is 1. The molecule has 0 N–H and O–H groups in total. The van der Waals surface area contributed by atoms with Crippen molar-refractivity contribution in [2.45, 2.75) is 46.1 Å². The molecule has 0 amide bonds. The Labute approximate surface area is 153 Å². The second-order valence-corrected chi connectivity index (χ2v) is 9.13. The number of ether oxygens (including phenoxy) is 1. The van der Waals surface area contributed by atoms with Gasteiger partial charge in [-0.15, -0.1) is 0 Å². The van der Waals surface area contributed by atoms with Gasteiger partial charge in [0.05, 0.1) is 16.0 Å². The third-order valence-electron chi connectivity index (χ3n) is 6.42. The van der Waals surface area contributed by atoms with E-state index in [2.05, 4.69) is 26.8 Å². The fourth-order valence-electron chi connectivity index (χ4n) is 5.36. The van der Waals surface area contributed by atoms with Gasteiger partial charge < -0.3 is 4.74 Å². The molecule has 1 aliphatic heterocycles. The lowest BCUT2D eigenvalue weighted by Gasteiger charge is -2.47. The van der Waals surface area contributed by atoms with Gasteiger partial charge in [0.2, 0.25) is 0 Å². The fourth-order valence-corrected chi connectivity index (χ4v) is 5.67. The van der Waals surface area contributed by atoms with Gasteiger partial charge in [-0.25, -0.2) is 0 Å². The number of hydrogen-bond acceptors (Lipinski definition) is 2. The van der Waals surface area contributed by atoms with Crippen molar-refractivity contribution in [3.63, 3.8) is 0 Å². The van der Waals surface area contributed by atoms with E-state index in [0.29, 0.717) is 10.0 Å². The molecule has 2 fully saturated rings. The van der Waals surface area contributed by atoms with E-state index in [1.807, 2.05) is 12.1 Å². The van der Waals surface area contributed by atoms with Gasteiger partial charge in [-0.2, -0.15) is 0 Å². The number of carbonyl (C=O) groups is 1. The summed E-state index contributed by atoms with van der Waals surface area (Å²) in [6.07, 6.45) is 5.44. The quantitative estimate of drug-likeness (QED) is 0.452. The van der Waals surface area contributed by atoms with Gasteiger partial charge in [-0.3, -0.25) is 4.79 Å². The second-order valence-electron chi connectivity index (χ2n) is 8.32. The summed E-state index contributed by atoms with van der Waals surface area (Å²) in [6, 6.07) is 5.57. The van der Waals surface area contributed by atoms with Crippen LogP contribution in [0.4, 0.5) is 0 Å². The van der Waals surface area contributed by atoms with Crippen LogP contribution in [-0.4, -0.2) is 5.97 Å². The van der Waals surface area contributed by atoms with E-state index in [4.69, 9.17) is 27.9 Å². The van der Waals surface area contributed by atoms with Crippen molar-refractivity contribution in [3.8, 4) is 0 Å². The first-order valence-electron chi connectivity index (χ1n) is 8.62. The Morgan fingerprint density at radius 1 is 1.12 bits per heavy atom. The van der Waals surface area contributed by atoms with Gasteiger partial charge in [-0.1, -0.05) is 68.1 Å². The summed E-state index contributed by atoms with van der Waals surface area (Å²) >= 11 is 12.3. The minimum absolute atomic E-state index is 0.00928. The summed E-state index contributed by atoms with van der Waals surface area (Å²) in [5.41, 5.74) is 2.55. The highest BCUT2D eigenvalue weighted by Gasteiger charge is 2.61. The molecule has 0 spiro atoms. The highest BCUT2D eigenvalue weighted by Crippen LogP contribution is 2.65. The summed E-state index contributed by atoms with van der Waals surface area (Å²) in [5.74, 6) is -0.0892. The normalized spacial score (nSPS) is 36.8. The maximum atomic E-state index is 12.6. The third kappa shape index (κ3) is 2.19. The first-order chi connectivity index (χ1) is 11.2. The molecule has 4 atom stereocenters. The van der Waals surface area contributed by atoms with Crippen LogP contribution in [0.1, 0.15) is 51.7 Å². The van der Waals surface area contributed by atoms with Crippen molar-refractivity contribution in [2.24, 2.45) is 22.7 Å². The van der Waals surface area contributed by atoms with Crippen molar-refractivity contribution >= 4 is 29.2 Å². The van der Waals surface area contributed by atoms with Crippen LogP contribution in [0.3, 0.4) is 0 Å². The van der Waals surface area contributed by atoms with Crippen molar-refractivity contribution in [1.82, 2.24) is 0 Å². The number of benzene rings is 1. The molecule has 1 saturated heterocycles. The average molecular weight is 365 g/mol. The molecule has 0 unspecified atom stereocenters. The minimum atomic E-state index is -0.245. The second kappa shape index (κ2) is 5.25. The van der Waals surface area contributed by atoms with Crippen LogP contribution in [0.15, 0.2) is 29.8 Å². The Kier molecular flexibility index (Phi) is 3.61. The van der Waals surface area contributed by atoms with Gasteiger partial charge in [0, 0.05) is 5.92 Å². The van der Waals surface area contributed by atoms with Crippen LogP contribution < -0.4 is 0 Å². The Morgan fingerprint density at radius 2 is 1.88 bits per heavy atom. The van der Waals surface area contributed by atoms with Crippen molar-refractivity contribution in [1.29, 1.82) is 0 Å². The average Bonchev–Trinajstić information content (AvgIpc) is 2.99. The first-order valence-corrected chi connectivity index (χ1v) is 9.38. The summed E-state index contributed by atoms with van der Waals surface area (Å²) in [5, 5.41) is 1.03. The molecule has 1 aromatic carbocycles. The Hall–Kier alpha value is -0.990. The highest BCUT2D eigenvalue weighted by molar-refractivity contribution is 6.42. The lowest BCUT2D eigenvalue weighted by atomic mass is 9.57. The number of esters is 1. The molecule has 4 rings (SSSR count). The summed E-state index contributed by atoms with van der Waals surface area (Å²) in [4.78, 5) is 12.6. The monoisotopic (exact) mass is 364 g/mol. The molecule has 2 nitrogen and oxygen atoms in total. The maximum Gasteiger partial charge on any atom is 0.313 e. The van der Waals surface area contributed by atoms with Gasteiger partial charge in [-0.05, 0) is 41.4 Å². The fraction of sp³-hybridized carbons (Fsp3) is 0.550. The van der Waals surface area contributed by atoms with Crippen molar-refractivity contribution in [2.75, 3.05) is 0 Å². The number of rotatable bonds is 1. The van der Waals surface area contributed by atoms with E-state index >= 15 is 0 Å². The first kappa shape index (κ1) is 16.5. The third-order valence-corrected chi connectivity index (χ3v) is 7.16. The van der Waals surface area contributed by atoms with Crippen LogP contribution in [0.2, 0.25) is 10.0 Å². The van der Waals surface area contributed by atoms with E-state index in [1.165, 1.54) is 18.4 Å². The van der Waals surface area contributed by atoms with E-state index in [0.717, 1.165) is 12.0 Å². The smallest absolute Gasteiger partial charge is 0.313 e. The van der Waals surface area contributed by atoms with Gasteiger partial charge in [0.25, 0.3) is 0 Å². The van der Waals surface area contributed by atoms with Gasteiger partial charge >= 0.3 is 5.97 Å². The molecule has 4 heteroatoms. The number of hydrogen-bond donors (Lipinski definition) is 0. The number of halogens is 2. The van der Waals surface area contributed by atoms with E-state index in [-0.39, 0.29) is 34.7 Å². The predicted octanol–water partition coefficient (Wildman–Crippen LogP) is 5.98. The zero-order valence-corrected chi connectivity index (χ0v) is 15.7. The minimum Gasteiger partial charge on any atom is -0.457 e. The Balaban J connectivity index is 1.79. The Bertz CT molecular complexity index is 752. The molecular weight excluding hydrogens is 343 g/mol. The zero-order chi connectivity index (χ0) is 17.3. The molecule has 1 saturated carbocycles. The van der Waals surface area contributed by atoms with Crippen LogP contribution in [-0.2, 0) is 9.53 Å². The van der Waals surface area contributed by atoms with Crippen LogP contribution in [0, 0.1) is 22.7 Å². The SMILES string of the molecule is CC1(C)CCC[C@@]2(C)C1=C[C@H]1C(=O)O[C@H](c3ccc(Cl)c(Cl)c3)[C@H]12. The molecule has 0 aromatic heterocycles. The van der Waals surface area contributed by atoms with Crippen molar-refractivity contribution < 1.29 is 9.53 Å². The number of allylic oxidation sites excluding steroid dienone is 1. The summed E-state index contributed by atoms with van der Waals surface area (Å²) in [6.45, 7) is 6.92. The zero-order valence-electron chi connectivity index (χ0n) is 14.2. The van der Waals surface area contributed by atoms with Crippen molar-refractivity contribution in [3.05, 3.63) is 45.5 Å². The van der Waals surface area contributed by atoms with Crippen LogP contribution in [0.5, 0.6) is 0 Å². The molecule has 0 radical (unpaired) electrons. The number of fused-ring (bicyclic) bond motifs is 3. The molecular formula is C20H22Cl2O2. The van der Waals surface area contributed by atoms with Crippen LogP contribution >= 0.6 is 23.2 Å². The van der Waals surface area contributed by atoms with Gasteiger partial charge in [0.1, 0.15) is 6.10 Å². The molecule has 128 valence electrons. The molecule has 0 bridgehead atoms. The largest absolute Gasteiger partial charge is 0.457 e. The molecule has 1 heterocycles. The van der Waals surface area contributed by atoms with E-state index in [9.17, 15) is 4.79 Å². The van der Waals surface area contributed by atoms with E-state index in [1.54, 1.807) is 6.07 Å².